The molecule has 0 saturated heterocycles. The number of aryl methyl sites for hydroxylation is 1. The van der Waals surface area contributed by atoms with Gasteiger partial charge < -0.3 is 9.88 Å². The van der Waals surface area contributed by atoms with Crippen LogP contribution in [-0.4, -0.2) is 15.5 Å². The van der Waals surface area contributed by atoms with Crippen LogP contribution in [0.15, 0.2) is 42.7 Å². The van der Waals surface area contributed by atoms with E-state index in [4.69, 9.17) is 0 Å². The highest BCUT2D eigenvalue weighted by atomic mass is 16.2. The Morgan fingerprint density at radius 2 is 1.95 bits per heavy atom. The van der Waals surface area contributed by atoms with Gasteiger partial charge in [0, 0.05) is 19.4 Å². The fourth-order valence-electron chi connectivity index (χ4n) is 2.22. The Kier molecular flexibility index (Phi) is 3.93. The number of benzene rings is 1. The van der Waals surface area contributed by atoms with E-state index in [1.807, 2.05) is 68.9 Å². The number of carbonyl (C=O) groups is 1. The molecule has 0 aliphatic heterocycles. The maximum absolute atomic E-state index is 12.5. The average molecular weight is 271 g/mol. The van der Waals surface area contributed by atoms with Crippen LogP contribution >= 0.6 is 0 Å². The summed E-state index contributed by atoms with van der Waals surface area (Å²) >= 11 is 0. The maximum Gasteiger partial charge on any atom is 0.230 e. The van der Waals surface area contributed by atoms with Crippen LogP contribution in [0.4, 0.5) is 0 Å². The zero-order chi connectivity index (χ0) is 14.8. The second kappa shape index (κ2) is 5.49. The number of imidazole rings is 1. The third-order valence-corrected chi connectivity index (χ3v) is 3.66. The van der Waals surface area contributed by atoms with Gasteiger partial charge in [0.05, 0.1) is 11.5 Å². The number of nitrogens with zero attached hydrogens (tertiary/aromatic N) is 2. The summed E-state index contributed by atoms with van der Waals surface area (Å²) in [6, 6.07) is 9.69. The van der Waals surface area contributed by atoms with E-state index in [1.165, 1.54) is 0 Å². The Hall–Kier alpha value is -2.10. The number of nitrogens with one attached hydrogen (secondary N) is 1. The number of amides is 1. The first-order valence-electron chi connectivity index (χ1n) is 6.76. The molecule has 1 atom stereocenters. The minimum absolute atomic E-state index is 0.000741. The summed E-state index contributed by atoms with van der Waals surface area (Å²) in [5.41, 5.74) is 0.435. The van der Waals surface area contributed by atoms with Gasteiger partial charge >= 0.3 is 0 Å². The molecule has 20 heavy (non-hydrogen) atoms. The molecule has 4 nitrogen and oxygen atoms in total. The van der Waals surface area contributed by atoms with Crippen molar-refractivity contribution in [1.82, 2.24) is 14.9 Å². The van der Waals surface area contributed by atoms with Crippen molar-refractivity contribution in [3.63, 3.8) is 0 Å². The molecule has 0 bridgehead atoms. The summed E-state index contributed by atoms with van der Waals surface area (Å²) < 4.78 is 1.92. The summed E-state index contributed by atoms with van der Waals surface area (Å²) in [5, 5.41) is 3.04. The predicted octanol–water partition coefficient (Wildman–Crippen LogP) is 2.58. The molecule has 1 heterocycles. The van der Waals surface area contributed by atoms with E-state index in [1.54, 1.807) is 6.20 Å². The van der Waals surface area contributed by atoms with Gasteiger partial charge in [0.15, 0.2) is 0 Å². The van der Waals surface area contributed by atoms with E-state index in [2.05, 4.69) is 10.3 Å². The largest absolute Gasteiger partial charge is 0.346 e. The van der Waals surface area contributed by atoms with Gasteiger partial charge in [-0.15, -0.1) is 0 Å². The molecule has 2 aromatic rings. The average Bonchev–Trinajstić information content (AvgIpc) is 2.86. The van der Waals surface area contributed by atoms with Crippen molar-refractivity contribution in [2.75, 3.05) is 0 Å². The standard InChI is InChI=1S/C16H21N3O/c1-12(14-17-10-11-19(14)4)18-15(20)16(2,3)13-8-6-5-7-9-13/h5-12H,1-4H3,(H,18,20). The SMILES string of the molecule is CC(NC(=O)C(C)(C)c1ccccc1)c1nccn1C. The number of aromatic nitrogens is 2. The van der Waals surface area contributed by atoms with Gasteiger partial charge in [-0.1, -0.05) is 30.3 Å². The van der Waals surface area contributed by atoms with E-state index in [0.717, 1.165) is 11.4 Å². The first kappa shape index (κ1) is 14.3. The third-order valence-electron chi connectivity index (χ3n) is 3.66. The Balaban J connectivity index is 2.14. The molecule has 0 aliphatic carbocycles. The molecule has 1 unspecified atom stereocenters. The normalized spacial score (nSPS) is 13.0. The second-order valence-corrected chi connectivity index (χ2v) is 5.58. The van der Waals surface area contributed by atoms with Crippen molar-refractivity contribution in [1.29, 1.82) is 0 Å². The van der Waals surface area contributed by atoms with E-state index in [-0.39, 0.29) is 11.9 Å². The van der Waals surface area contributed by atoms with Crippen molar-refractivity contribution >= 4 is 5.91 Å². The van der Waals surface area contributed by atoms with Crippen LogP contribution in [0.25, 0.3) is 0 Å². The number of hydrogen-bond acceptors (Lipinski definition) is 2. The van der Waals surface area contributed by atoms with Crippen LogP contribution in [0, 0.1) is 0 Å². The zero-order valence-corrected chi connectivity index (χ0v) is 12.4. The van der Waals surface area contributed by atoms with E-state index in [9.17, 15) is 4.79 Å². The van der Waals surface area contributed by atoms with E-state index >= 15 is 0 Å². The molecule has 1 N–H and O–H groups in total. The van der Waals surface area contributed by atoms with E-state index < -0.39 is 5.41 Å². The predicted molar refractivity (Wildman–Crippen MR) is 79.2 cm³/mol. The van der Waals surface area contributed by atoms with Crippen LogP contribution in [0.1, 0.15) is 38.2 Å². The molecule has 1 amide bonds. The van der Waals surface area contributed by atoms with Crippen LogP contribution in [0.2, 0.25) is 0 Å². The summed E-state index contributed by atoms with van der Waals surface area (Å²) in [4.78, 5) is 16.8. The van der Waals surface area contributed by atoms with Crippen LogP contribution in [-0.2, 0) is 17.3 Å². The maximum atomic E-state index is 12.5. The molecule has 0 fully saturated rings. The van der Waals surface area contributed by atoms with Crippen LogP contribution in [0.5, 0.6) is 0 Å². The van der Waals surface area contributed by atoms with Crippen molar-refractivity contribution < 1.29 is 4.79 Å². The van der Waals surface area contributed by atoms with Crippen LogP contribution in [0.3, 0.4) is 0 Å². The van der Waals surface area contributed by atoms with Crippen molar-refractivity contribution in [3.05, 3.63) is 54.1 Å². The molecule has 0 saturated carbocycles. The molecule has 2 rings (SSSR count). The Labute approximate surface area is 119 Å². The topological polar surface area (TPSA) is 46.9 Å². The molecule has 106 valence electrons. The van der Waals surface area contributed by atoms with Gasteiger partial charge in [-0.25, -0.2) is 4.98 Å². The lowest BCUT2D eigenvalue weighted by atomic mass is 9.83. The van der Waals surface area contributed by atoms with Gasteiger partial charge in [0.25, 0.3) is 0 Å². The molecule has 0 spiro atoms. The monoisotopic (exact) mass is 271 g/mol. The molecular weight excluding hydrogens is 250 g/mol. The first-order valence-corrected chi connectivity index (χ1v) is 6.76. The lowest BCUT2D eigenvalue weighted by molar-refractivity contribution is -0.126. The molecule has 1 aromatic heterocycles. The molecular formula is C16H21N3O. The van der Waals surface area contributed by atoms with Gasteiger partial charge in [-0.3, -0.25) is 4.79 Å². The second-order valence-electron chi connectivity index (χ2n) is 5.58. The fourth-order valence-corrected chi connectivity index (χ4v) is 2.22. The Bertz CT molecular complexity index is 587. The highest BCUT2D eigenvalue weighted by molar-refractivity contribution is 5.87. The summed E-state index contributed by atoms with van der Waals surface area (Å²) in [5.74, 6) is 0.849. The van der Waals surface area contributed by atoms with Crippen molar-refractivity contribution in [2.45, 2.75) is 32.2 Å². The van der Waals surface area contributed by atoms with Crippen molar-refractivity contribution in [3.8, 4) is 0 Å². The van der Waals surface area contributed by atoms with Gasteiger partial charge in [-0.2, -0.15) is 0 Å². The molecule has 0 aliphatic rings. The molecule has 4 heteroatoms. The number of hydrogen-bond donors (Lipinski definition) is 1. The highest BCUT2D eigenvalue weighted by Crippen LogP contribution is 2.24. The number of rotatable bonds is 4. The summed E-state index contributed by atoms with van der Waals surface area (Å²) in [6.45, 7) is 5.81. The number of carbonyl (C=O) groups excluding carboxylic acids is 1. The fraction of sp³-hybridized carbons (Fsp3) is 0.375. The zero-order valence-electron chi connectivity index (χ0n) is 12.4. The minimum Gasteiger partial charge on any atom is -0.346 e. The Morgan fingerprint density at radius 3 is 2.50 bits per heavy atom. The lowest BCUT2D eigenvalue weighted by Crippen LogP contribution is -2.41. The van der Waals surface area contributed by atoms with Crippen LogP contribution < -0.4 is 5.32 Å². The summed E-state index contributed by atoms with van der Waals surface area (Å²) in [7, 11) is 1.92. The first-order chi connectivity index (χ1) is 9.43. The van der Waals surface area contributed by atoms with Crippen molar-refractivity contribution in [2.24, 2.45) is 7.05 Å². The van der Waals surface area contributed by atoms with E-state index in [0.29, 0.717) is 0 Å². The third kappa shape index (κ3) is 2.74. The summed E-state index contributed by atoms with van der Waals surface area (Å²) in [6.07, 6.45) is 3.61. The highest BCUT2D eigenvalue weighted by Gasteiger charge is 2.31. The van der Waals surface area contributed by atoms with Gasteiger partial charge in [-0.05, 0) is 26.3 Å². The minimum atomic E-state index is -0.569. The van der Waals surface area contributed by atoms with Gasteiger partial charge in [0.2, 0.25) is 5.91 Å². The Morgan fingerprint density at radius 1 is 1.30 bits per heavy atom. The molecule has 0 radical (unpaired) electrons. The quantitative estimate of drug-likeness (QED) is 0.929. The lowest BCUT2D eigenvalue weighted by Gasteiger charge is -2.26. The van der Waals surface area contributed by atoms with Gasteiger partial charge in [0.1, 0.15) is 5.82 Å². The molecule has 1 aromatic carbocycles. The smallest absolute Gasteiger partial charge is 0.230 e.